The Labute approximate surface area is 93.8 Å². The second kappa shape index (κ2) is 4.29. The molecular formula is C10H13NO4. The van der Waals surface area contributed by atoms with Crippen molar-refractivity contribution in [2.45, 2.75) is 19.0 Å². The van der Waals surface area contributed by atoms with Gasteiger partial charge in [-0.2, -0.15) is 0 Å². The van der Waals surface area contributed by atoms with Crippen molar-refractivity contribution in [2.24, 2.45) is 5.73 Å². The van der Waals surface area contributed by atoms with Gasteiger partial charge in [0, 0.05) is 0 Å². The van der Waals surface area contributed by atoms with Gasteiger partial charge in [0.1, 0.15) is 11.9 Å². The van der Waals surface area contributed by atoms with Crippen LogP contribution in [0, 0.1) is 0 Å². The molecule has 0 amide bonds. The largest absolute Gasteiger partial charge is 0.504 e. The fourth-order valence-corrected chi connectivity index (χ4v) is 0.810. The van der Waals surface area contributed by atoms with Gasteiger partial charge in [-0.05, 0) is 24.6 Å². The van der Waals surface area contributed by atoms with Crippen LogP contribution in [-0.4, -0.2) is 27.1 Å². The molecule has 0 unspecified atom stereocenters. The summed E-state index contributed by atoms with van der Waals surface area (Å²) < 4.78 is 37.6. The van der Waals surface area contributed by atoms with Crippen LogP contribution in [0.2, 0.25) is 0 Å². The first-order chi connectivity index (χ1) is 8.87. The van der Waals surface area contributed by atoms with Gasteiger partial charge in [0.25, 0.3) is 0 Å². The van der Waals surface area contributed by atoms with Gasteiger partial charge < -0.3 is 21.1 Å². The predicted octanol–water partition coefficient (Wildman–Crippen LogP) is 0.0475. The Morgan fingerprint density at radius 3 is 2.67 bits per heavy atom. The minimum atomic E-state index is -3.26. The summed E-state index contributed by atoms with van der Waals surface area (Å²) in [5.41, 5.74) is 4.24. The van der Waals surface area contributed by atoms with Crippen LogP contribution in [0.15, 0.2) is 18.1 Å². The maximum Gasteiger partial charge on any atom is 0.157 e. The standard InChI is InChI=1S/C10H13NO4/c1-5(12)9(11)10(15)6-2-3-7(13)8(14)4-6/h2-4,9-10,13-15H,11H2,1H3/t9-,10-/m1/s1/i2D,3D,4D,9D,10D. The zero-order valence-corrected chi connectivity index (χ0v) is 7.83. The number of aromatic hydroxyl groups is 2. The third-order valence-electron chi connectivity index (χ3n) is 1.64. The van der Waals surface area contributed by atoms with E-state index in [0.717, 1.165) is 6.92 Å². The van der Waals surface area contributed by atoms with Crippen molar-refractivity contribution in [3.63, 3.8) is 0 Å². The molecule has 5 heteroatoms. The molecule has 15 heavy (non-hydrogen) atoms. The number of nitrogens with two attached hydrogens (primary N) is 1. The number of phenols is 2. The summed E-state index contributed by atoms with van der Waals surface area (Å²) in [4.78, 5) is 11.3. The Bertz CT molecular complexity index is 558. The van der Waals surface area contributed by atoms with Crippen molar-refractivity contribution in [3.05, 3.63) is 23.7 Å². The van der Waals surface area contributed by atoms with E-state index in [0.29, 0.717) is 0 Å². The summed E-state index contributed by atoms with van der Waals surface area (Å²) in [6, 6.07) is -5.91. The fraction of sp³-hybridized carbons (Fsp3) is 0.300. The molecule has 0 radical (unpaired) electrons. The molecule has 1 rings (SSSR count). The molecule has 0 bridgehead atoms. The smallest absolute Gasteiger partial charge is 0.157 e. The Morgan fingerprint density at radius 1 is 1.53 bits per heavy atom. The van der Waals surface area contributed by atoms with Crippen LogP contribution < -0.4 is 5.73 Å². The van der Waals surface area contributed by atoms with Gasteiger partial charge in [0.2, 0.25) is 0 Å². The van der Waals surface area contributed by atoms with Crippen molar-refractivity contribution in [1.29, 1.82) is 0 Å². The van der Waals surface area contributed by atoms with Gasteiger partial charge in [0.05, 0.1) is 12.9 Å². The number of carbonyl (C=O) groups excluding carboxylic acids is 1. The average molecular weight is 216 g/mol. The molecule has 0 heterocycles. The molecule has 1 aromatic rings. The third-order valence-corrected chi connectivity index (χ3v) is 1.64. The number of Topliss-reactive ketones (excluding diaryl/α,β-unsaturated/α-hetero) is 1. The van der Waals surface area contributed by atoms with E-state index in [1.807, 2.05) is 0 Å². The van der Waals surface area contributed by atoms with Crippen molar-refractivity contribution in [2.75, 3.05) is 0 Å². The molecule has 0 aromatic heterocycles. The fourth-order valence-electron chi connectivity index (χ4n) is 0.810. The average Bonchev–Trinajstić information content (AvgIpc) is 2.33. The Kier molecular flexibility index (Phi) is 1.74. The van der Waals surface area contributed by atoms with Gasteiger partial charge in [-0.15, -0.1) is 0 Å². The Balaban J connectivity index is 3.76. The van der Waals surface area contributed by atoms with Crippen molar-refractivity contribution in [3.8, 4) is 11.5 Å². The lowest BCUT2D eigenvalue weighted by atomic mass is 10.00. The number of aliphatic hydroxyl groups is 1. The van der Waals surface area contributed by atoms with Gasteiger partial charge >= 0.3 is 0 Å². The second-order valence-electron chi connectivity index (χ2n) is 2.77. The van der Waals surface area contributed by atoms with Crippen LogP contribution in [-0.2, 0) is 4.79 Å². The summed E-state index contributed by atoms with van der Waals surface area (Å²) in [6.07, 6.45) is -3.26. The van der Waals surface area contributed by atoms with E-state index >= 15 is 0 Å². The maximum atomic E-state index is 11.3. The maximum absolute atomic E-state index is 11.3. The number of rotatable bonds is 3. The molecule has 2 atom stereocenters. The number of hydrogen-bond acceptors (Lipinski definition) is 5. The minimum absolute atomic E-state index is 0.835. The van der Waals surface area contributed by atoms with Gasteiger partial charge in [-0.3, -0.25) is 4.79 Å². The summed E-state index contributed by atoms with van der Waals surface area (Å²) in [6.45, 7) is 0.835. The Hall–Kier alpha value is -1.59. The lowest BCUT2D eigenvalue weighted by Crippen LogP contribution is -2.35. The van der Waals surface area contributed by atoms with E-state index in [1.54, 1.807) is 0 Å². The molecule has 0 aliphatic rings. The molecule has 0 spiro atoms. The molecule has 0 aliphatic carbocycles. The van der Waals surface area contributed by atoms with Crippen LogP contribution >= 0.6 is 0 Å². The third kappa shape index (κ3) is 2.45. The highest BCUT2D eigenvalue weighted by Crippen LogP contribution is 2.28. The van der Waals surface area contributed by atoms with Crippen molar-refractivity contribution in [1.82, 2.24) is 0 Å². The number of carbonyl (C=O) groups is 1. The first-order valence-corrected chi connectivity index (χ1v) is 3.91. The normalized spacial score (nSPS) is 23.5. The first kappa shape index (κ1) is 6.09. The van der Waals surface area contributed by atoms with E-state index in [-0.39, 0.29) is 0 Å². The lowest BCUT2D eigenvalue weighted by molar-refractivity contribution is -0.120. The number of phenolic OH excluding ortho intramolecular Hbond substituents is 2. The molecule has 0 saturated carbocycles. The van der Waals surface area contributed by atoms with Crippen LogP contribution in [0.3, 0.4) is 0 Å². The van der Waals surface area contributed by atoms with E-state index in [2.05, 4.69) is 0 Å². The van der Waals surface area contributed by atoms with Crippen LogP contribution in [0.1, 0.15) is 25.4 Å². The molecule has 0 fully saturated rings. The van der Waals surface area contributed by atoms with E-state index < -0.39 is 53.1 Å². The number of ketones is 1. The number of benzene rings is 1. The van der Waals surface area contributed by atoms with Crippen LogP contribution in [0.4, 0.5) is 0 Å². The molecular weight excluding hydrogens is 198 g/mol. The lowest BCUT2D eigenvalue weighted by Gasteiger charge is -2.16. The molecule has 82 valence electrons. The second-order valence-corrected chi connectivity index (χ2v) is 2.77. The highest BCUT2D eigenvalue weighted by atomic mass is 16.3. The van der Waals surface area contributed by atoms with Crippen LogP contribution in [0.5, 0.6) is 11.5 Å². The zero-order chi connectivity index (χ0) is 16.0. The van der Waals surface area contributed by atoms with Gasteiger partial charge in [-0.1, -0.05) is 6.04 Å². The minimum Gasteiger partial charge on any atom is -0.504 e. The molecule has 0 aliphatic heterocycles. The van der Waals surface area contributed by atoms with Crippen LogP contribution in [0.25, 0.3) is 0 Å². The monoisotopic (exact) mass is 216 g/mol. The quantitative estimate of drug-likeness (QED) is 0.534. The first-order valence-electron chi connectivity index (χ1n) is 6.41. The topological polar surface area (TPSA) is 104 Å². The molecule has 5 N–H and O–H groups in total. The van der Waals surface area contributed by atoms with Gasteiger partial charge in [0.15, 0.2) is 11.5 Å². The summed E-state index contributed by atoms with van der Waals surface area (Å²) in [7, 11) is 0. The zero-order valence-electron chi connectivity index (χ0n) is 12.8. The van der Waals surface area contributed by atoms with E-state index in [1.165, 1.54) is 0 Å². The SMILES string of the molecule is [2H]c1c([2H])c([C@@]([2H])(O)[C@]([2H])(N)C(C)=O)c([2H])c(O)c1O. The summed E-state index contributed by atoms with van der Waals surface area (Å²) in [5.74, 6) is -3.34. The highest BCUT2D eigenvalue weighted by molar-refractivity contribution is 5.82. The summed E-state index contributed by atoms with van der Waals surface area (Å²) in [5, 5.41) is 28.7. The highest BCUT2D eigenvalue weighted by Gasteiger charge is 2.21. The molecule has 0 saturated heterocycles. The summed E-state index contributed by atoms with van der Waals surface area (Å²) >= 11 is 0. The van der Waals surface area contributed by atoms with Crippen molar-refractivity contribution >= 4 is 5.78 Å². The predicted molar refractivity (Wildman–Crippen MR) is 53.4 cm³/mol. The van der Waals surface area contributed by atoms with Gasteiger partial charge in [-0.25, -0.2) is 0 Å². The Morgan fingerprint density at radius 2 is 2.13 bits per heavy atom. The van der Waals surface area contributed by atoms with E-state index in [4.69, 9.17) is 12.6 Å². The molecule has 1 aromatic carbocycles. The van der Waals surface area contributed by atoms with E-state index in [9.17, 15) is 20.1 Å². The number of hydrogen-bond donors (Lipinski definition) is 4. The van der Waals surface area contributed by atoms with Crippen molar-refractivity contribution < 1.29 is 27.0 Å². The molecule has 5 nitrogen and oxygen atoms in total.